The molecule has 0 bridgehead atoms. The molecular formula is C35H49NO2. The van der Waals surface area contributed by atoms with Crippen molar-refractivity contribution in [1.29, 1.82) is 5.26 Å². The highest BCUT2D eigenvalue weighted by Crippen LogP contribution is 2.43. The van der Waals surface area contributed by atoms with Crippen molar-refractivity contribution in [3.05, 3.63) is 54.1 Å². The van der Waals surface area contributed by atoms with Crippen molar-refractivity contribution < 1.29 is 9.53 Å². The number of esters is 1. The van der Waals surface area contributed by atoms with E-state index in [9.17, 15) is 10.1 Å². The van der Waals surface area contributed by atoms with Gasteiger partial charge >= 0.3 is 5.97 Å². The summed E-state index contributed by atoms with van der Waals surface area (Å²) in [5.41, 5.74) is 3.48. The highest BCUT2D eigenvalue weighted by Gasteiger charge is 2.37. The molecule has 38 heavy (non-hydrogen) atoms. The Morgan fingerprint density at radius 1 is 0.789 bits per heavy atom. The average Bonchev–Trinajstić information content (AvgIpc) is 2.96. The number of hydrogen-bond acceptors (Lipinski definition) is 3. The molecule has 0 unspecified atom stereocenters. The van der Waals surface area contributed by atoms with Crippen LogP contribution in [0.3, 0.4) is 0 Å². The molecular weight excluding hydrogens is 466 g/mol. The first-order valence-corrected chi connectivity index (χ1v) is 15.4. The van der Waals surface area contributed by atoms with Crippen LogP contribution in [0, 0.1) is 22.7 Å². The van der Waals surface area contributed by atoms with Gasteiger partial charge in [0.1, 0.15) is 5.75 Å². The Kier molecular flexibility index (Phi) is 12.9. The number of hydrogen-bond donors (Lipinski definition) is 0. The van der Waals surface area contributed by atoms with Crippen molar-refractivity contribution >= 4 is 5.97 Å². The molecule has 1 fully saturated rings. The monoisotopic (exact) mass is 515 g/mol. The second-order valence-electron chi connectivity index (χ2n) is 11.5. The van der Waals surface area contributed by atoms with Crippen LogP contribution in [-0.2, 0) is 11.2 Å². The molecule has 2 aromatic carbocycles. The van der Waals surface area contributed by atoms with E-state index in [1.807, 2.05) is 24.3 Å². The van der Waals surface area contributed by atoms with Crippen molar-refractivity contribution in [3.8, 4) is 22.9 Å². The van der Waals surface area contributed by atoms with E-state index in [0.717, 1.165) is 50.5 Å². The summed E-state index contributed by atoms with van der Waals surface area (Å²) in [6, 6.07) is 19.3. The molecule has 3 rings (SSSR count). The Morgan fingerprint density at radius 2 is 1.32 bits per heavy atom. The van der Waals surface area contributed by atoms with E-state index in [1.165, 1.54) is 75.3 Å². The molecule has 0 atom stereocenters. The fourth-order valence-corrected chi connectivity index (χ4v) is 5.78. The Labute approximate surface area is 232 Å². The van der Waals surface area contributed by atoms with Crippen molar-refractivity contribution in [2.75, 3.05) is 0 Å². The van der Waals surface area contributed by atoms with Crippen LogP contribution in [0.1, 0.15) is 122 Å². The molecule has 0 aromatic heterocycles. The smallest absolute Gasteiger partial charge is 0.314 e. The number of nitrogens with zero attached hydrogens (tertiary/aromatic N) is 1. The van der Waals surface area contributed by atoms with Crippen molar-refractivity contribution in [3.63, 3.8) is 0 Å². The second kappa shape index (κ2) is 16.4. The van der Waals surface area contributed by atoms with Crippen LogP contribution in [0.4, 0.5) is 0 Å². The van der Waals surface area contributed by atoms with Crippen LogP contribution in [0.15, 0.2) is 48.5 Å². The largest absolute Gasteiger partial charge is 0.426 e. The lowest BCUT2D eigenvalue weighted by Crippen LogP contribution is -2.31. The number of benzene rings is 2. The SMILES string of the molecule is CCCCCCCCc1ccc(-c2ccc(OC(=O)[C@H]3CC[C@@](C#N)(CCCCCCC)CC3)cc2)cc1. The van der Waals surface area contributed by atoms with E-state index < -0.39 is 0 Å². The van der Waals surface area contributed by atoms with Crippen LogP contribution < -0.4 is 4.74 Å². The van der Waals surface area contributed by atoms with Gasteiger partial charge in [-0.05, 0) is 73.8 Å². The number of unbranched alkanes of at least 4 members (excludes halogenated alkanes) is 9. The standard InChI is InChI=1S/C35H49NO2/c1-3-5-7-9-10-12-14-29-15-17-30(18-16-29)31-19-21-33(22-20-31)38-34(37)32-23-26-35(28-36,27-24-32)25-13-11-8-6-4-2/h15-22,32H,3-14,23-27H2,1-2H3/t32-,35-. The van der Waals surface area contributed by atoms with Crippen LogP contribution >= 0.6 is 0 Å². The summed E-state index contributed by atoms with van der Waals surface area (Å²) in [4.78, 5) is 12.8. The maximum atomic E-state index is 12.8. The van der Waals surface area contributed by atoms with Gasteiger partial charge in [0.15, 0.2) is 0 Å². The molecule has 0 spiro atoms. The fraction of sp³-hybridized carbons (Fsp3) is 0.600. The molecule has 0 radical (unpaired) electrons. The van der Waals surface area contributed by atoms with E-state index in [4.69, 9.17) is 4.74 Å². The summed E-state index contributed by atoms with van der Waals surface area (Å²) in [5.74, 6) is 0.355. The predicted molar refractivity (Wildman–Crippen MR) is 158 cm³/mol. The van der Waals surface area contributed by atoms with Gasteiger partial charge in [0, 0.05) is 0 Å². The molecule has 3 nitrogen and oxygen atoms in total. The average molecular weight is 516 g/mol. The molecule has 2 aromatic rings. The first-order chi connectivity index (χ1) is 18.6. The van der Waals surface area contributed by atoms with Crippen molar-refractivity contribution in [2.24, 2.45) is 11.3 Å². The van der Waals surface area contributed by atoms with E-state index in [2.05, 4.69) is 44.2 Å². The van der Waals surface area contributed by atoms with Crippen LogP contribution in [0.2, 0.25) is 0 Å². The topological polar surface area (TPSA) is 50.1 Å². The van der Waals surface area contributed by atoms with E-state index in [-0.39, 0.29) is 17.3 Å². The molecule has 0 amide bonds. The molecule has 3 heteroatoms. The van der Waals surface area contributed by atoms with Crippen LogP contribution in [-0.4, -0.2) is 5.97 Å². The minimum atomic E-state index is -0.241. The van der Waals surface area contributed by atoms with Gasteiger partial charge in [-0.15, -0.1) is 0 Å². The Morgan fingerprint density at radius 3 is 1.89 bits per heavy atom. The van der Waals surface area contributed by atoms with Gasteiger partial charge < -0.3 is 4.74 Å². The lowest BCUT2D eigenvalue weighted by atomic mass is 9.69. The maximum absolute atomic E-state index is 12.8. The van der Waals surface area contributed by atoms with Gasteiger partial charge in [-0.25, -0.2) is 0 Å². The summed E-state index contributed by atoms with van der Waals surface area (Å²) < 4.78 is 5.75. The summed E-state index contributed by atoms with van der Waals surface area (Å²) in [6.07, 6.45) is 19.3. The minimum Gasteiger partial charge on any atom is -0.426 e. The van der Waals surface area contributed by atoms with Gasteiger partial charge in [-0.1, -0.05) is 114 Å². The highest BCUT2D eigenvalue weighted by atomic mass is 16.5. The third-order valence-corrected chi connectivity index (χ3v) is 8.45. The third-order valence-electron chi connectivity index (χ3n) is 8.45. The first kappa shape index (κ1) is 29.9. The van der Waals surface area contributed by atoms with Crippen molar-refractivity contribution in [1.82, 2.24) is 0 Å². The number of ether oxygens (including phenoxy) is 1. The molecule has 1 saturated carbocycles. The summed E-state index contributed by atoms with van der Waals surface area (Å²) in [5, 5.41) is 9.85. The van der Waals surface area contributed by atoms with Gasteiger partial charge in [-0.2, -0.15) is 5.26 Å². The van der Waals surface area contributed by atoms with Gasteiger partial charge in [0.2, 0.25) is 0 Å². The Balaban J connectivity index is 1.42. The number of rotatable bonds is 16. The Bertz CT molecular complexity index is 978. The molecule has 1 aliphatic carbocycles. The normalized spacial score (nSPS) is 19.1. The minimum absolute atomic E-state index is 0.101. The zero-order valence-electron chi connectivity index (χ0n) is 24.0. The first-order valence-electron chi connectivity index (χ1n) is 15.4. The van der Waals surface area contributed by atoms with Gasteiger partial charge in [0.25, 0.3) is 0 Å². The second-order valence-corrected chi connectivity index (χ2v) is 11.5. The zero-order valence-corrected chi connectivity index (χ0v) is 24.0. The molecule has 0 aliphatic heterocycles. The van der Waals surface area contributed by atoms with E-state index in [0.29, 0.717) is 5.75 Å². The molecule has 0 N–H and O–H groups in total. The van der Waals surface area contributed by atoms with Crippen LogP contribution in [0.25, 0.3) is 11.1 Å². The van der Waals surface area contributed by atoms with Gasteiger partial charge in [0.05, 0.1) is 17.4 Å². The number of carbonyl (C=O) groups excluding carboxylic acids is 1. The third kappa shape index (κ3) is 9.61. The maximum Gasteiger partial charge on any atom is 0.314 e. The lowest BCUT2D eigenvalue weighted by molar-refractivity contribution is -0.140. The number of aryl methyl sites for hydroxylation is 1. The number of carbonyl (C=O) groups is 1. The summed E-state index contributed by atoms with van der Waals surface area (Å²) in [6.45, 7) is 4.48. The van der Waals surface area contributed by atoms with E-state index in [1.54, 1.807) is 0 Å². The van der Waals surface area contributed by atoms with E-state index >= 15 is 0 Å². The quantitative estimate of drug-likeness (QED) is 0.127. The lowest BCUT2D eigenvalue weighted by Gasteiger charge is -2.34. The van der Waals surface area contributed by atoms with Crippen LogP contribution in [0.5, 0.6) is 5.75 Å². The zero-order chi connectivity index (χ0) is 27.1. The van der Waals surface area contributed by atoms with Gasteiger partial charge in [-0.3, -0.25) is 4.79 Å². The Hall–Kier alpha value is -2.60. The fourth-order valence-electron chi connectivity index (χ4n) is 5.78. The highest BCUT2D eigenvalue weighted by molar-refractivity contribution is 5.75. The predicted octanol–water partition coefficient (Wildman–Crippen LogP) is 10.2. The van der Waals surface area contributed by atoms with Crippen molar-refractivity contribution in [2.45, 2.75) is 123 Å². The summed E-state index contributed by atoms with van der Waals surface area (Å²) in [7, 11) is 0. The molecule has 206 valence electrons. The molecule has 0 saturated heterocycles. The molecule has 1 aliphatic rings. The summed E-state index contributed by atoms with van der Waals surface area (Å²) >= 11 is 0. The molecule has 0 heterocycles. The number of nitriles is 1.